The predicted molar refractivity (Wildman–Crippen MR) is 74.7 cm³/mol. The zero-order valence-corrected chi connectivity index (χ0v) is 12.3. The molecule has 1 aliphatic rings. The number of alkyl halides is 1. The Morgan fingerprint density at radius 1 is 1.58 bits per heavy atom. The molecule has 0 aromatic heterocycles. The van der Waals surface area contributed by atoms with Gasteiger partial charge in [-0.25, -0.2) is 0 Å². The van der Waals surface area contributed by atoms with Crippen LogP contribution in [0.1, 0.15) is 36.5 Å². The van der Waals surface area contributed by atoms with Crippen molar-refractivity contribution in [2.24, 2.45) is 0 Å². The molecular weight excluding hydrogens is 289 g/mol. The highest BCUT2D eigenvalue weighted by molar-refractivity contribution is 6.33. The third-order valence-corrected chi connectivity index (χ3v) is 3.53. The van der Waals surface area contributed by atoms with Crippen LogP contribution in [0.15, 0.2) is 12.1 Å². The Balaban J connectivity index is 2.45. The fourth-order valence-electron chi connectivity index (χ4n) is 2.16. The summed E-state index contributed by atoms with van der Waals surface area (Å²) < 4.78 is 11.1. The number of nitrogens with one attached hydrogen (secondary N) is 1. The van der Waals surface area contributed by atoms with E-state index in [0.717, 1.165) is 11.1 Å². The standard InChI is InChI=1S/C13H17Cl2NO3/c1-3-18-12-8(10-6-16-13(17)19-10)4-5-9(15)11(12)7(2)14/h4-5,7,10,13,16-17H,3,6H2,1-2H3. The number of aliphatic hydroxyl groups excluding tert-OH is 1. The maximum absolute atomic E-state index is 9.39. The molecule has 0 amide bonds. The van der Waals surface area contributed by atoms with E-state index in [0.29, 0.717) is 23.9 Å². The molecule has 1 heterocycles. The maximum atomic E-state index is 9.39. The molecule has 1 fully saturated rings. The quantitative estimate of drug-likeness (QED) is 0.840. The summed E-state index contributed by atoms with van der Waals surface area (Å²) in [6.45, 7) is 4.76. The zero-order valence-electron chi connectivity index (χ0n) is 10.8. The van der Waals surface area contributed by atoms with E-state index in [4.69, 9.17) is 32.7 Å². The van der Waals surface area contributed by atoms with Crippen molar-refractivity contribution in [3.05, 3.63) is 28.3 Å². The zero-order chi connectivity index (χ0) is 14.0. The fourth-order valence-corrected chi connectivity index (χ4v) is 2.75. The first kappa shape index (κ1) is 14.9. The number of ether oxygens (including phenoxy) is 2. The first-order valence-electron chi connectivity index (χ1n) is 6.20. The number of aliphatic hydroxyl groups is 1. The smallest absolute Gasteiger partial charge is 0.214 e. The Morgan fingerprint density at radius 3 is 2.84 bits per heavy atom. The first-order chi connectivity index (χ1) is 9.04. The molecule has 3 unspecified atom stereocenters. The Morgan fingerprint density at radius 2 is 2.32 bits per heavy atom. The first-order valence-corrected chi connectivity index (χ1v) is 7.02. The van der Waals surface area contributed by atoms with E-state index in [1.807, 2.05) is 19.9 Å². The minimum absolute atomic E-state index is 0.270. The molecule has 0 spiro atoms. The molecule has 2 N–H and O–H groups in total. The fraction of sp³-hybridized carbons (Fsp3) is 0.538. The van der Waals surface area contributed by atoms with Gasteiger partial charge in [-0.2, -0.15) is 0 Å². The van der Waals surface area contributed by atoms with Crippen LogP contribution in [0.5, 0.6) is 5.75 Å². The van der Waals surface area contributed by atoms with Crippen molar-refractivity contribution in [1.82, 2.24) is 5.32 Å². The summed E-state index contributed by atoms with van der Waals surface area (Å²) in [6.07, 6.45) is -1.23. The highest BCUT2D eigenvalue weighted by atomic mass is 35.5. The number of hydrogen-bond acceptors (Lipinski definition) is 4. The van der Waals surface area contributed by atoms with Gasteiger partial charge < -0.3 is 14.6 Å². The van der Waals surface area contributed by atoms with Crippen molar-refractivity contribution in [2.45, 2.75) is 31.7 Å². The lowest BCUT2D eigenvalue weighted by Crippen LogP contribution is -2.20. The van der Waals surface area contributed by atoms with Gasteiger partial charge in [0.1, 0.15) is 11.9 Å². The summed E-state index contributed by atoms with van der Waals surface area (Å²) in [6, 6.07) is 3.63. The van der Waals surface area contributed by atoms with Crippen molar-refractivity contribution < 1.29 is 14.6 Å². The molecule has 6 heteroatoms. The van der Waals surface area contributed by atoms with Crippen LogP contribution in [0, 0.1) is 0 Å². The Labute approximate surface area is 122 Å². The van der Waals surface area contributed by atoms with Crippen molar-refractivity contribution in [1.29, 1.82) is 0 Å². The molecule has 2 rings (SSSR count). The normalized spacial score (nSPS) is 24.5. The second-order valence-electron chi connectivity index (χ2n) is 4.31. The third kappa shape index (κ3) is 3.15. The molecule has 1 aromatic rings. The largest absolute Gasteiger partial charge is 0.493 e. The van der Waals surface area contributed by atoms with E-state index in [9.17, 15) is 5.11 Å². The van der Waals surface area contributed by atoms with Gasteiger partial charge in [-0.3, -0.25) is 5.32 Å². The van der Waals surface area contributed by atoms with E-state index in [1.54, 1.807) is 6.07 Å². The molecule has 0 saturated carbocycles. The van der Waals surface area contributed by atoms with Crippen LogP contribution < -0.4 is 10.1 Å². The lowest BCUT2D eigenvalue weighted by atomic mass is 10.0. The second-order valence-corrected chi connectivity index (χ2v) is 5.38. The predicted octanol–water partition coefficient (Wildman–Crippen LogP) is 2.98. The van der Waals surface area contributed by atoms with Gasteiger partial charge in [-0.05, 0) is 19.9 Å². The average molecular weight is 306 g/mol. The topological polar surface area (TPSA) is 50.7 Å². The minimum atomic E-state index is -0.952. The molecule has 0 bridgehead atoms. The van der Waals surface area contributed by atoms with E-state index < -0.39 is 6.41 Å². The Kier molecular flexibility index (Phi) is 4.92. The molecule has 19 heavy (non-hydrogen) atoms. The molecule has 106 valence electrons. The van der Waals surface area contributed by atoms with Crippen LogP contribution in [0.2, 0.25) is 5.02 Å². The van der Waals surface area contributed by atoms with Crippen LogP contribution in [-0.4, -0.2) is 24.7 Å². The van der Waals surface area contributed by atoms with Crippen LogP contribution in [-0.2, 0) is 4.74 Å². The van der Waals surface area contributed by atoms with Crippen LogP contribution in [0.3, 0.4) is 0 Å². The third-order valence-electron chi connectivity index (χ3n) is 2.98. The molecule has 0 radical (unpaired) electrons. The summed E-state index contributed by atoms with van der Waals surface area (Å²) in [4.78, 5) is 0. The molecule has 0 aliphatic carbocycles. The molecule has 3 atom stereocenters. The van der Waals surface area contributed by atoms with Crippen molar-refractivity contribution in [2.75, 3.05) is 13.2 Å². The Bertz CT molecular complexity index is 454. The number of rotatable bonds is 4. The summed E-state index contributed by atoms with van der Waals surface area (Å²) in [5, 5.41) is 12.5. The van der Waals surface area contributed by atoms with Gasteiger partial charge in [-0.15, -0.1) is 11.6 Å². The number of hydrogen-bond donors (Lipinski definition) is 2. The summed E-state index contributed by atoms with van der Waals surface area (Å²) in [5.74, 6) is 0.651. The summed E-state index contributed by atoms with van der Waals surface area (Å²) in [7, 11) is 0. The molecule has 1 aliphatic heterocycles. The van der Waals surface area contributed by atoms with E-state index in [1.165, 1.54) is 0 Å². The van der Waals surface area contributed by atoms with Gasteiger partial charge >= 0.3 is 0 Å². The Hall–Kier alpha value is -0.520. The lowest BCUT2D eigenvalue weighted by molar-refractivity contribution is -0.101. The van der Waals surface area contributed by atoms with Gasteiger partial charge in [0.25, 0.3) is 0 Å². The average Bonchev–Trinajstić information content (AvgIpc) is 2.76. The van der Waals surface area contributed by atoms with Gasteiger partial charge in [-0.1, -0.05) is 17.7 Å². The van der Waals surface area contributed by atoms with E-state index in [2.05, 4.69) is 5.32 Å². The van der Waals surface area contributed by atoms with Crippen molar-refractivity contribution in [3.63, 3.8) is 0 Å². The van der Waals surface area contributed by atoms with Gasteiger partial charge in [0.2, 0.25) is 6.41 Å². The van der Waals surface area contributed by atoms with Crippen molar-refractivity contribution in [3.8, 4) is 5.75 Å². The summed E-state index contributed by atoms with van der Waals surface area (Å²) in [5.41, 5.74) is 1.60. The second kappa shape index (κ2) is 6.29. The molecule has 1 aromatic carbocycles. The van der Waals surface area contributed by atoms with E-state index in [-0.39, 0.29) is 11.5 Å². The van der Waals surface area contributed by atoms with Gasteiger partial charge in [0.05, 0.1) is 12.0 Å². The lowest BCUT2D eigenvalue weighted by Gasteiger charge is -2.20. The highest BCUT2D eigenvalue weighted by Gasteiger charge is 2.29. The molecular formula is C13H17Cl2NO3. The summed E-state index contributed by atoms with van der Waals surface area (Å²) >= 11 is 12.4. The van der Waals surface area contributed by atoms with Crippen LogP contribution in [0.25, 0.3) is 0 Å². The molecule has 4 nitrogen and oxygen atoms in total. The monoisotopic (exact) mass is 305 g/mol. The highest BCUT2D eigenvalue weighted by Crippen LogP contribution is 2.41. The van der Waals surface area contributed by atoms with Crippen LogP contribution in [0.4, 0.5) is 0 Å². The minimum Gasteiger partial charge on any atom is -0.493 e. The van der Waals surface area contributed by atoms with Crippen LogP contribution >= 0.6 is 23.2 Å². The maximum Gasteiger partial charge on any atom is 0.214 e. The number of halogens is 2. The van der Waals surface area contributed by atoms with E-state index >= 15 is 0 Å². The number of benzene rings is 1. The van der Waals surface area contributed by atoms with Gasteiger partial charge in [0.15, 0.2) is 0 Å². The van der Waals surface area contributed by atoms with Crippen molar-refractivity contribution >= 4 is 23.2 Å². The molecule has 1 saturated heterocycles. The van der Waals surface area contributed by atoms with Gasteiger partial charge in [0, 0.05) is 22.7 Å². The SMILES string of the molecule is CCOc1c(C2CNC(O)O2)ccc(Cl)c1C(C)Cl.